The molecule has 0 radical (unpaired) electrons. The van der Waals surface area contributed by atoms with E-state index in [1.54, 1.807) is 29.2 Å². The predicted molar refractivity (Wildman–Crippen MR) is 119 cm³/mol. The Kier molecular flexibility index (Phi) is 5.98. The van der Waals surface area contributed by atoms with Crippen molar-refractivity contribution in [1.82, 2.24) is 5.32 Å². The number of esters is 1. The maximum absolute atomic E-state index is 12.6. The summed E-state index contributed by atoms with van der Waals surface area (Å²) >= 11 is 0. The fourth-order valence-corrected chi connectivity index (χ4v) is 3.98. The van der Waals surface area contributed by atoms with Crippen molar-refractivity contribution >= 4 is 34.2 Å². The summed E-state index contributed by atoms with van der Waals surface area (Å²) in [5.74, 6) is -1.02. The van der Waals surface area contributed by atoms with Gasteiger partial charge in [0.25, 0.3) is 5.91 Å². The van der Waals surface area contributed by atoms with Crippen molar-refractivity contribution in [2.75, 3.05) is 18.1 Å². The fraction of sp³-hybridized carbons (Fsp3) is 0.240. The zero-order valence-corrected chi connectivity index (χ0v) is 17.3. The van der Waals surface area contributed by atoms with E-state index in [2.05, 4.69) is 5.32 Å². The van der Waals surface area contributed by atoms with Crippen molar-refractivity contribution in [2.45, 2.75) is 25.8 Å². The van der Waals surface area contributed by atoms with E-state index in [4.69, 9.17) is 4.74 Å². The highest BCUT2D eigenvalue weighted by Gasteiger charge is 2.26. The number of rotatable bonds is 6. The number of para-hydroxylation sites is 1. The number of nitrogens with one attached hydrogen (secondary N) is 1. The lowest BCUT2D eigenvalue weighted by Gasteiger charge is -2.19. The highest BCUT2D eigenvalue weighted by Crippen LogP contribution is 2.26. The lowest BCUT2D eigenvalue weighted by molar-refractivity contribution is -0.124. The molecule has 3 aromatic rings. The molecule has 0 spiro atoms. The zero-order valence-electron chi connectivity index (χ0n) is 17.3. The largest absolute Gasteiger partial charge is 0.452 e. The van der Waals surface area contributed by atoms with E-state index in [1.807, 2.05) is 49.4 Å². The first-order chi connectivity index (χ1) is 15.0. The van der Waals surface area contributed by atoms with Crippen LogP contribution in [0, 0.1) is 0 Å². The number of hydrogen-bond acceptors (Lipinski definition) is 4. The standard InChI is InChI=1S/C25H24N2O4/c1-17(19-12-6-9-18-8-2-3-10-20(18)19)26-23(28)16-31-25(30)21-11-4-5-13-22(21)27-15-7-14-24(27)29/h2-6,8-13,17H,7,14-16H2,1H3,(H,26,28). The number of carbonyl (C=O) groups excluding carboxylic acids is 3. The Hall–Kier alpha value is -3.67. The second-order valence-electron chi connectivity index (χ2n) is 7.60. The summed E-state index contributed by atoms with van der Waals surface area (Å²) < 4.78 is 5.26. The molecule has 1 saturated heterocycles. The number of ether oxygens (including phenoxy) is 1. The molecule has 1 heterocycles. The third-order valence-electron chi connectivity index (χ3n) is 5.49. The van der Waals surface area contributed by atoms with Crippen LogP contribution in [0.4, 0.5) is 5.69 Å². The van der Waals surface area contributed by atoms with Crippen molar-refractivity contribution in [2.24, 2.45) is 0 Å². The van der Waals surface area contributed by atoms with Gasteiger partial charge in [-0.05, 0) is 41.8 Å². The maximum atomic E-state index is 12.6. The number of hydrogen-bond donors (Lipinski definition) is 1. The van der Waals surface area contributed by atoms with Crippen molar-refractivity contribution in [3.8, 4) is 0 Å². The summed E-state index contributed by atoms with van der Waals surface area (Å²) in [5.41, 5.74) is 1.81. The highest BCUT2D eigenvalue weighted by molar-refractivity contribution is 6.04. The third kappa shape index (κ3) is 4.43. The molecule has 0 saturated carbocycles. The van der Waals surface area contributed by atoms with E-state index in [1.165, 1.54) is 0 Å². The topological polar surface area (TPSA) is 75.7 Å². The lowest BCUT2D eigenvalue weighted by Crippen LogP contribution is -2.31. The summed E-state index contributed by atoms with van der Waals surface area (Å²) in [6.45, 7) is 2.08. The average molecular weight is 416 g/mol. The van der Waals surface area contributed by atoms with Crippen LogP contribution in [-0.4, -0.2) is 30.9 Å². The number of nitrogens with zero attached hydrogens (tertiary/aromatic N) is 1. The van der Waals surface area contributed by atoms with Crippen LogP contribution in [0.15, 0.2) is 66.7 Å². The molecule has 1 N–H and O–H groups in total. The van der Waals surface area contributed by atoms with Crippen LogP contribution in [0.3, 0.4) is 0 Å². The Bertz CT molecular complexity index is 1140. The normalized spacial score (nSPS) is 14.5. The second-order valence-corrected chi connectivity index (χ2v) is 7.60. The smallest absolute Gasteiger partial charge is 0.340 e. The molecule has 158 valence electrons. The molecular weight excluding hydrogens is 392 g/mol. The molecule has 0 bridgehead atoms. The summed E-state index contributed by atoms with van der Waals surface area (Å²) in [7, 11) is 0. The second kappa shape index (κ2) is 9.00. The minimum atomic E-state index is -0.622. The molecule has 1 aliphatic rings. The van der Waals surface area contributed by atoms with Gasteiger partial charge in [0, 0.05) is 13.0 Å². The minimum absolute atomic E-state index is 0.0121. The van der Waals surface area contributed by atoms with Crippen molar-refractivity contribution in [1.29, 1.82) is 0 Å². The quantitative estimate of drug-likeness (QED) is 0.617. The van der Waals surface area contributed by atoms with Crippen LogP contribution in [0.5, 0.6) is 0 Å². The van der Waals surface area contributed by atoms with Crippen molar-refractivity contribution < 1.29 is 19.1 Å². The lowest BCUT2D eigenvalue weighted by atomic mass is 10.00. The predicted octanol–water partition coefficient (Wildman–Crippen LogP) is 4.00. The molecule has 1 atom stereocenters. The number of amides is 2. The highest BCUT2D eigenvalue weighted by atomic mass is 16.5. The summed E-state index contributed by atoms with van der Waals surface area (Å²) in [5, 5.41) is 5.06. The number of benzene rings is 3. The Morgan fingerprint density at radius 3 is 2.58 bits per heavy atom. The third-order valence-corrected chi connectivity index (χ3v) is 5.49. The van der Waals surface area contributed by atoms with Gasteiger partial charge < -0.3 is 15.0 Å². The first kappa shape index (κ1) is 20.6. The van der Waals surface area contributed by atoms with Crippen LogP contribution < -0.4 is 10.2 Å². The van der Waals surface area contributed by atoms with Gasteiger partial charge in [0.1, 0.15) is 0 Å². The maximum Gasteiger partial charge on any atom is 0.340 e. The van der Waals surface area contributed by atoms with Gasteiger partial charge in [-0.2, -0.15) is 0 Å². The Morgan fingerprint density at radius 1 is 1.03 bits per heavy atom. The van der Waals surface area contributed by atoms with Crippen molar-refractivity contribution in [3.63, 3.8) is 0 Å². The van der Waals surface area contributed by atoms with E-state index < -0.39 is 12.6 Å². The molecule has 6 heteroatoms. The molecule has 3 aromatic carbocycles. The van der Waals surface area contributed by atoms with Crippen molar-refractivity contribution in [3.05, 3.63) is 77.9 Å². The molecule has 6 nitrogen and oxygen atoms in total. The monoisotopic (exact) mass is 416 g/mol. The van der Waals surface area contributed by atoms with Gasteiger partial charge in [0.2, 0.25) is 5.91 Å². The molecule has 2 amide bonds. The number of carbonyl (C=O) groups is 3. The van der Waals surface area contributed by atoms with Gasteiger partial charge in [0.15, 0.2) is 6.61 Å². The molecule has 1 fully saturated rings. The van der Waals surface area contributed by atoms with E-state index >= 15 is 0 Å². The van der Waals surface area contributed by atoms with E-state index in [9.17, 15) is 14.4 Å². The Morgan fingerprint density at radius 2 is 1.77 bits per heavy atom. The number of fused-ring (bicyclic) bond motifs is 1. The van der Waals surface area contributed by atoms with Crippen LogP contribution in [-0.2, 0) is 14.3 Å². The molecule has 4 rings (SSSR count). The first-order valence-electron chi connectivity index (χ1n) is 10.4. The van der Waals surface area contributed by atoms with Crippen LogP contribution in [0.25, 0.3) is 10.8 Å². The zero-order chi connectivity index (χ0) is 21.8. The van der Waals surface area contributed by atoms with E-state index in [-0.39, 0.29) is 23.4 Å². The van der Waals surface area contributed by atoms with Crippen LogP contribution in [0.1, 0.15) is 41.7 Å². The molecule has 1 aliphatic heterocycles. The Balaban J connectivity index is 1.40. The molecular formula is C25H24N2O4. The average Bonchev–Trinajstić information content (AvgIpc) is 3.22. The molecule has 0 aromatic heterocycles. The minimum Gasteiger partial charge on any atom is -0.452 e. The van der Waals surface area contributed by atoms with Gasteiger partial charge in [-0.25, -0.2) is 4.79 Å². The van der Waals surface area contributed by atoms with Gasteiger partial charge in [-0.15, -0.1) is 0 Å². The van der Waals surface area contributed by atoms with Gasteiger partial charge in [-0.1, -0.05) is 54.6 Å². The molecule has 0 aliphatic carbocycles. The summed E-state index contributed by atoms with van der Waals surface area (Å²) in [6, 6.07) is 20.5. The summed E-state index contributed by atoms with van der Waals surface area (Å²) in [4.78, 5) is 38.7. The van der Waals surface area contributed by atoms with E-state index in [0.29, 0.717) is 18.7 Å². The first-order valence-corrected chi connectivity index (χ1v) is 10.4. The number of anilines is 1. The fourth-order valence-electron chi connectivity index (χ4n) is 3.98. The van der Waals surface area contributed by atoms with Gasteiger partial charge in [0.05, 0.1) is 17.3 Å². The van der Waals surface area contributed by atoms with Crippen LogP contribution >= 0.6 is 0 Å². The SMILES string of the molecule is CC(NC(=O)COC(=O)c1ccccc1N1CCCC1=O)c1cccc2ccccc12. The van der Waals surface area contributed by atoms with E-state index in [0.717, 1.165) is 22.8 Å². The summed E-state index contributed by atoms with van der Waals surface area (Å²) in [6.07, 6.45) is 1.23. The van der Waals surface area contributed by atoms with Gasteiger partial charge in [-0.3, -0.25) is 9.59 Å². The van der Waals surface area contributed by atoms with Gasteiger partial charge >= 0.3 is 5.97 Å². The Labute approximate surface area is 180 Å². The molecule has 1 unspecified atom stereocenters. The van der Waals surface area contributed by atoms with Crippen LogP contribution in [0.2, 0.25) is 0 Å². The molecule has 31 heavy (non-hydrogen) atoms.